The van der Waals surface area contributed by atoms with Crippen LogP contribution in [0.15, 0.2) is 91.0 Å². The molecule has 28 heavy (non-hydrogen) atoms. The Morgan fingerprint density at radius 3 is 1.43 bits per heavy atom. The Balaban J connectivity index is 1.53. The molecular formula is C24H27CrN3+. The van der Waals surface area contributed by atoms with Crippen molar-refractivity contribution >= 4 is 0 Å². The summed E-state index contributed by atoms with van der Waals surface area (Å²) in [6, 6.07) is 32.4. The van der Waals surface area contributed by atoms with E-state index in [1.54, 1.807) is 0 Å². The molecule has 3 nitrogen and oxygen atoms in total. The van der Waals surface area contributed by atoms with Gasteiger partial charge in [-0.3, -0.25) is 0 Å². The second-order valence-corrected chi connectivity index (χ2v) is 8.96. The number of benzene rings is 3. The molecule has 1 heterocycles. The van der Waals surface area contributed by atoms with Crippen LogP contribution in [0.3, 0.4) is 0 Å². The van der Waals surface area contributed by atoms with Gasteiger partial charge in [0.2, 0.25) is 0 Å². The zero-order chi connectivity index (χ0) is 19.2. The Labute approximate surface area is 177 Å². The summed E-state index contributed by atoms with van der Waals surface area (Å²) in [6.07, 6.45) is 0. The van der Waals surface area contributed by atoms with Crippen molar-refractivity contribution in [2.24, 2.45) is 0 Å². The Kier molecular flexibility index (Phi) is 6.27. The van der Waals surface area contributed by atoms with Crippen LogP contribution < -0.4 is 0 Å². The van der Waals surface area contributed by atoms with Crippen LogP contribution in [-0.4, -0.2) is 33.3 Å². The summed E-state index contributed by atoms with van der Waals surface area (Å²) in [4.78, 5) is 5.11. The summed E-state index contributed by atoms with van der Waals surface area (Å²) in [5, 5.41) is 0. The average Bonchev–Trinajstić information content (AvgIpc) is 2.69. The minimum absolute atomic E-state index is 0.879. The van der Waals surface area contributed by atoms with Gasteiger partial charge in [-0.1, -0.05) is 0 Å². The second-order valence-electron chi connectivity index (χ2n) is 7.76. The third-order valence-electron chi connectivity index (χ3n) is 5.13. The van der Waals surface area contributed by atoms with Gasteiger partial charge < -0.3 is 0 Å². The quantitative estimate of drug-likeness (QED) is 0.597. The van der Waals surface area contributed by atoms with E-state index in [9.17, 15) is 0 Å². The van der Waals surface area contributed by atoms with E-state index in [0.717, 1.165) is 43.1 Å². The molecule has 0 aliphatic carbocycles. The molecule has 1 aliphatic rings. The molecule has 143 valence electrons. The van der Waals surface area contributed by atoms with Gasteiger partial charge in [0.25, 0.3) is 0 Å². The molecule has 3 aromatic carbocycles. The summed E-state index contributed by atoms with van der Waals surface area (Å²) in [7, 11) is 0. The van der Waals surface area contributed by atoms with Crippen molar-refractivity contribution in [2.45, 2.75) is 19.6 Å². The normalized spacial score (nSPS) is 17.4. The predicted molar refractivity (Wildman–Crippen MR) is 109 cm³/mol. The second kappa shape index (κ2) is 9.05. The molecule has 0 N–H and O–H groups in total. The van der Waals surface area contributed by atoms with Gasteiger partial charge in [-0.05, 0) is 0 Å². The van der Waals surface area contributed by atoms with Gasteiger partial charge in [0, 0.05) is 0 Å². The van der Waals surface area contributed by atoms with Crippen LogP contribution in [0.4, 0.5) is 0 Å². The van der Waals surface area contributed by atoms with Gasteiger partial charge in [0.1, 0.15) is 0 Å². The number of hydrogen-bond acceptors (Lipinski definition) is 2. The standard InChI is InChI=1S/C24H27N3.Cr/c1-4-10-22(11-5-1)16-25-19-26(17-23-12-6-2-7-13-23)21-27(20-25)18-24-14-8-3-9-15-24;/h1-15H,16-21H2;/q;+1. The molecule has 4 heteroatoms. The molecule has 0 saturated carbocycles. The molecule has 1 saturated heterocycles. The number of quaternary nitrogens is 1. The molecule has 0 aromatic heterocycles. The van der Waals surface area contributed by atoms with Crippen molar-refractivity contribution in [3.05, 3.63) is 108 Å². The zero-order valence-corrected chi connectivity index (χ0v) is 17.4. The first-order chi connectivity index (χ1) is 13.7. The van der Waals surface area contributed by atoms with Crippen molar-refractivity contribution in [3.63, 3.8) is 0 Å². The van der Waals surface area contributed by atoms with Gasteiger partial charge in [-0.15, -0.1) is 0 Å². The first kappa shape index (κ1) is 19.4. The molecule has 0 spiro atoms. The van der Waals surface area contributed by atoms with Gasteiger partial charge in [-0.25, -0.2) is 0 Å². The summed E-state index contributed by atoms with van der Waals surface area (Å²) in [5.41, 5.74) is 4.12. The first-order valence-electron chi connectivity index (χ1n) is 9.82. The minimum atomic E-state index is 0.879. The third-order valence-corrected chi connectivity index (χ3v) is 5.69. The summed E-state index contributed by atoms with van der Waals surface area (Å²) in [6.45, 7) is 5.95. The number of rotatable bonds is 6. The molecule has 1 fully saturated rings. The molecule has 0 radical (unpaired) electrons. The first-order valence-corrected chi connectivity index (χ1v) is 10.4. The van der Waals surface area contributed by atoms with Crippen LogP contribution in [0.1, 0.15) is 16.7 Å². The summed E-state index contributed by atoms with van der Waals surface area (Å²) >= 11 is 3.53. The molecule has 4 rings (SSSR count). The summed E-state index contributed by atoms with van der Waals surface area (Å²) in [5.74, 6) is 0. The van der Waals surface area contributed by atoms with Crippen LogP contribution in [-0.2, 0) is 36.1 Å². The molecule has 1 aliphatic heterocycles. The Hall–Kier alpha value is -1.93. The Morgan fingerprint density at radius 2 is 1.00 bits per heavy atom. The van der Waals surface area contributed by atoms with E-state index in [2.05, 4.69) is 117 Å². The molecule has 0 amide bonds. The van der Waals surface area contributed by atoms with Crippen molar-refractivity contribution in [1.29, 1.82) is 0 Å². The predicted octanol–water partition coefficient (Wildman–Crippen LogP) is 4.36. The maximum atomic E-state index is 3.53. The van der Waals surface area contributed by atoms with Crippen molar-refractivity contribution in [3.8, 4) is 0 Å². The molecule has 0 bridgehead atoms. The van der Waals surface area contributed by atoms with Crippen LogP contribution in [0.25, 0.3) is 0 Å². The van der Waals surface area contributed by atoms with Gasteiger partial charge in [0.05, 0.1) is 0 Å². The van der Waals surface area contributed by atoms with Gasteiger partial charge >= 0.3 is 177 Å². The van der Waals surface area contributed by atoms with Crippen LogP contribution in [0.2, 0.25) is 0 Å². The summed E-state index contributed by atoms with van der Waals surface area (Å²) < 4.78 is 0.879. The van der Waals surface area contributed by atoms with E-state index in [1.807, 2.05) is 0 Å². The monoisotopic (exact) mass is 409 g/mol. The molecular weight excluding hydrogens is 382 g/mol. The van der Waals surface area contributed by atoms with Crippen LogP contribution in [0.5, 0.6) is 0 Å². The van der Waals surface area contributed by atoms with Crippen molar-refractivity contribution in [1.82, 2.24) is 9.80 Å². The number of hydrogen-bond donors (Lipinski definition) is 0. The van der Waals surface area contributed by atoms with Crippen molar-refractivity contribution < 1.29 is 20.0 Å². The van der Waals surface area contributed by atoms with E-state index < -0.39 is 0 Å². The van der Waals surface area contributed by atoms with Crippen molar-refractivity contribution in [2.75, 3.05) is 20.0 Å². The van der Waals surface area contributed by atoms with Gasteiger partial charge in [0.15, 0.2) is 0 Å². The van der Waals surface area contributed by atoms with E-state index in [-0.39, 0.29) is 0 Å². The Morgan fingerprint density at radius 1 is 0.607 bits per heavy atom. The average molecular weight is 409 g/mol. The van der Waals surface area contributed by atoms with E-state index in [0.29, 0.717) is 0 Å². The third kappa shape index (κ3) is 5.32. The fourth-order valence-electron chi connectivity index (χ4n) is 4.05. The topological polar surface area (TPSA) is 6.48 Å². The van der Waals surface area contributed by atoms with Crippen LogP contribution in [0, 0.1) is 0 Å². The molecule has 3 aromatic rings. The van der Waals surface area contributed by atoms with Crippen LogP contribution >= 0.6 is 0 Å². The fraction of sp³-hybridized carbons (Fsp3) is 0.250. The zero-order valence-electron chi connectivity index (χ0n) is 16.2. The van der Waals surface area contributed by atoms with E-state index in [4.69, 9.17) is 0 Å². The molecule has 0 unspecified atom stereocenters. The SMILES string of the molecule is [Cr][N+]1(Cc2ccccc2)CN(Cc2ccccc2)CN(Cc2ccccc2)C1. The van der Waals surface area contributed by atoms with Gasteiger partial charge in [-0.2, -0.15) is 0 Å². The fourth-order valence-corrected chi connectivity index (χ4v) is 4.79. The molecule has 0 atom stereocenters. The van der Waals surface area contributed by atoms with E-state index >= 15 is 0 Å². The maximum absolute atomic E-state index is 3.53. The number of nitrogens with zero attached hydrogens (tertiary/aromatic N) is 3. The Bertz CT molecular complexity index is 805. The van der Waals surface area contributed by atoms with E-state index in [1.165, 1.54) is 16.7 Å².